The van der Waals surface area contributed by atoms with Gasteiger partial charge in [0.1, 0.15) is 6.61 Å². The van der Waals surface area contributed by atoms with Crippen LogP contribution < -0.4 is 9.47 Å². The average Bonchev–Trinajstić information content (AvgIpc) is 3.23. The molecule has 0 N–H and O–H groups in total. The molecule has 0 saturated carbocycles. The van der Waals surface area contributed by atoms with Crippen molar-refractivity contribution in [3.63, 3.8) is 0 Å². The summed E-state index contributed by atoms with van der Waals surface area (Å²) >= 11 is 6.30. The molecule has 0 fully saturated rings. The molecule has 0 aliphatic carbocycles. The molecule has 1 aromatic carbocycles. The summed E-state index contributed by atoms with van der Waals surface area (Å²) in [6.45, 7) is 5.95. The van der Waals surface area contributed by atoms with Crippen LogP contribution in [-0.2, 0) is 9.53 Å². The minimum absolute atomic E-state index is 0.116. The molecule has 0 atom stereocenters. The van der Waals surface area contributed by atoms with Crippen LogP contribution in [-0.4, -0.2) is 25.6 Å². The van der Waals surface area contributed by atoms with Gasteiger partial charge in [0.05, 0.1) is 18.4 Å². The number of benzene rings is 1. The molecular formula is C19H16ClNO5. The Hall–Kier alpha value is -2.99. The number of aliphatic imine (C=N–C) groups is 1. The number of methoxy groups -OCH3 is 1. The Morgan fingerprint density at radius 3 is 2.88 bits per heavy atom. The fraction of sp³-hybridized carbons (Fsp3) is 0.158. The number of ether oxygens (including phenoxy) is 3. The van der Waals surface area contributed by atoms with Crippen molar-refractivity contribution in [3.8, 4) is 11.5 Å². The topological polar surface area (TPSA) is 70.3 Å². The summed E-state index contributed by atoms with van der Waals surface area (Å²) in [6.07, 6.45) is 3.02. The third-order valence-electron chi connectivity index (χ3n) is 3.37. The zero-order valence-electron chi connectivity index (χ0n) is 14.2. The van der Waals surface area contributed by atoms with Crippen molar-refractivity contribution in [1.29, 1.82) is 0 Å². The number of rotatable bonds is 6. The van der Waals surface area contributed by atoms with Crippen LogP contribution in [0, 0.1) is 0 Å². The highest BCUT2D eigenvalue weighted by Crippen LogP contribution is 2.37. The second kappa shape index (κ2) is 7.49. The van der Waals surface area contributed by atoms with Gasteiger partial charge < -0.3 is 18.6 Å². The number of furan rings is 1. The largest absolute Gasteiger partial charge is 0.493 e. The number of esters is 1. The Labute approximate surface area is 155 Å². The highest BCUT2D eigenvalue weighted by molar-refractivity contribution is 6.32. The monoisotopic (exact) mass is 373 g/mol. The van der Waals surface area contributed by atoms with Gasteiger partial charge in [0.25, 0.3) is 5.90 Å². The second-order valence-corrected chi connectivity index (χ2v) is 6.00. The van der Waals surface area contributed by atoms with E-state index in [9.17, 15) is 4.79 Å². The Balaban J connectivity index is 1.92. The lowest BCUT2D eigenvalue weighted by Crippen LogP contribution is -2.04. The lowest BCUT2D eigenvalue weighted by atomic mass is 10.1. The van der Waals surface area contributed by atoms with Crippen LogP contribution >= 0.6 is 11.6 Å². The molecule has 26 heavy (non-hydrogen) atoms. The van der Waals surface area contributed by atoms with Gasteiger partial charge >= 0.3 is 5.97 Å². The summed E-state index contributed by atoms with van der Waals surface area (Å²) in [5, 5.41) is 0.346. The van der Waals surface area contributed by atoms with E-state index < -0.39 is 5.97 Å². The predicted octanol–water partition coefficient (Wildman–Crippen LogP) is 4.24. The molecule has 6 nitrogen and oxygen atoms in total. The molecule has 0 unspecified atom stereocenters. The number of cyclic esters (lactones) is 1. The van der Waals surface area contributed by atoms with Crippen LogP contribution in [0.15, 0.2) is 57.8 Å². The van der Waals surface area contributed by atoms with Gasteiger partial charge in [-0.25, -0.2) is 9.79 Å². The molecule has 1 aliphatic rings. The van der Waals surface area contributed by atoms with E-state index in [-0.39, 0.29) is 11.6 Å². The van der Waals surface area contributed by atoms with E-state index in [1.165, 1.54) is 13.4 Å². The lowest BCUT2D eigenvalue weighted by molar-refractivity contribution is -0.130. The molecule has 2 heterocycles. The zero-order valence-corrected chi connectivity index (χ0v) is 15.0. The Bertz CT molecular complexity index is 912. The van der Waals surface area contributed by atoms with Gasteiger partial charge in [-0.2, -0.15) is 0 Å². The van der Waals surface area contributed by atoms with E-state index in [1.54, 1.807) is 30.3 Å². The molecular weight excluding hydrogens is 358 g/mol. The number of nitrogens with zero attached hydrogens (tertiary/aromatic N) is 1. The van der Waals surface area contributed by atoms with Crippen LogP contribution in [0.4, 0.5) is 0 Å². The van der Waals surface area contributed by atoms with Crippen molar-refractivity contribution in [2.24, 2.45) is 4.99 Å². The zero-order chi connectivity index (χ0) is 18.7. The van der Waals surface area contributed by atoms with Crippen molar-refractivity contribution in [3.05, 3.63) is 64.7 Å². The summed E-state index contributed by atoms with van der Waals surface area (Å²) in [4.78, 5) is 16.2. The van der Waals surface area contributed by atoms with E-state index >= 15 is 0 Å². The number of carbonyl (C=O) groups excluding carboxylic acids is 1. The quantitative estimate of drug-likeness (QED) is 0.430. The molecule has 134 valence electrons. The van der Waals surface area contributed by atoms with Crippen molar-refractivity contribution in [2.75, 3.05) is 13.7 Å². The molecule has 3 rings (SSSR count). The van der Waals surface area contributed by atoms with Gasteiger partial charge in [0, 0.05) is 0 Å². The summed E-state index contributed by atoms with van der Waals surface area (Å²) in [5.74, 6) is 0.765. The Morgan fingerprint density at radius 1 is 1.42 bits per heavy atom. The molecule has 0 radical (unpaired) electrons. The Kier molecular flexibility index (Phi) is 5.14. The molecule has 7 heteroatoms. The van der Waals surface area contributed by atoms with Crippen LogP contribution in [0.2, 0.25) is 5.02 Å². The molecule has 1 aliphatic heterocycles. The van der Waals surface area contributed by atoms with Gasteiger partial charge in [-0.05, 0) is 48.4 Å². The first-order valence-corrected chi connectivity index (χ1v) is 8.07. The van der Waals surface area contributed by atoms with Crippen LogP contribution in [0.3, 0.4) is 0 Å². The van der Waals surface area contributed by atoms with Crippen molar-refractivity contribution in [1.82, 2.24) is 0 Å². The van der Waals surface area contributed by atoms with E-state index in [0.717, 1.165) is 5.57 Å². The maximum absolute atomic E-state index is 12.0. The molecule has 0 bridgehead atoms. The smallest absolute Gasteiger partial charge is 0.363 e. The number of hydrogen-bond donors (Lipinski definition) is 0. The van der Waals surface area contributed by atoms with Gasteiger partial charge in [-0.1, -0.05) is 18.2 Å². The molecule has 2 aromatic rings. The van der Waals surface area contributed by atoms with Crippen LogP contribution in [0.25, 0.3) is 6.08 Å². The summed E-state index contributed by atoms with van der Waals surface area (Å²) in [5.41, 5.74) is 1.60. The molecule has 1 aromatic heterocycles. The molecule has 0 spiro atoms. The van der Waals surface area contributed by atoms with Gasteiger partial charge in [-0.15, -0.1) is 0 Å². The van der Waals surface area contributed by atoms with Crippen molar-refractivity contribution in [2.45, 2.75) is 6.92 Å². The lowest BCUT2D eigenvalue weighted by Gasteiger charge is -2.13. The highest BCUT2D eigenvalue weighted by atomic mass is 35.5. The second-order valence-electron chi connectivity index (χ2n) is 5.59. The standard InChI is InChI=1S/C19H16ClNO5/c1-11(2)10-25-17-13(20)7-12(9-16(17)23-3)8-14-19(22)26-18(21-14)15-5-4-6-24-15/h4-9H,1,10H2,2-3H3/b14-8-. The third kappa shape index (κ3) is 3.81. The Morgan fingerprint density at radius 2 is 2.23 bits per heavy atom. The van der Waals surface area contributed by atoms with Gasteiger partial charge in [0.2, 0.25) is 0 Å². The normalized spacial score (nSPS) is 15.0. The molecule has 0 amide bonds. The number of carbonyl (C=O) groups is 1. The summed E-state index contributed by atoms with van der Waals surface area (Å²) in [7, 11) is 1.51. The average molecular weight is 374 g/mol. The van der Waals surface area contributed by atoms with Gasteiger partial charge in [0.15, 0.2) is 23.0 Å². The van der Waals surface area contributed by atoms with E-state index in [1.807, 2.05) is 6.92 Å². The van der Waals surface area contributed by atoms with E-state index in [4.69, 9.17) is 30.2 Å². The van der Waals surface area contributed by atoms with Crippen LogP contribution in [0.5, 0.6) is 11.5 Å². The first-order chi connectivity index (χ1) is 12.5. The van der Waals surface area contributed by atoms with Crippen molar-refractivity contribution < 1.29 is 23.4 Å². The summed E-state index contributed by atoms with van der Waals surface area (Å²) < 4.78 is 21.3. The predicted molar refractivity (Wildman–Crippen MR) is 97.6 cm³/mol. The maximum atomic E-state index is 12.0. The van der Waals surface area contributed by atoms with E-state index in [2.05, 4.69) is 11.6 Å². The third-order valence-corrected chi connectivity index (χ3v) is 3.65. The van der Waals surface area contributed by atoms with E-state index in [0.29, 0.717) is 34.5 Å². The molecule has 0 saturated heterocycles. The van der Waals surface area contributed by atoms with Crippen LogP contribution in [0.1, 0.15) is 18.2 Å². The number of hydrogen-bond acceptors (Lipinski definition) is 6. The van der Waals surface area contributed by atoms with Crippen molar-refractivity contribution >= 4 is 29.5 Å². The first kappa shape index (κ1) is 17.8. The van der Waals surface area contributed by atoms with Gasteiger partial charge in [-0.3, -0.25) is 0 Å². The summed E-state index contributed by atoms with van der Waals surface area (Å²) in [6, 6.07) is 6.68. The minimum atomic E-state index is -0.575. The fourth-order valence-corrected chi connectivity index (χ4v) is 2.50. The SMILES string of the molecule is C=C(C)COc1c(Cl)cc(/C=C2\N=C(c3ccco3)OC2=O)cc1OC. The highest BCUT2D eigenvalue weighted by Gasteiger charge is 2.26. The minimum Gasteiger partial charge on any atom is -0.493 e. The first-order valence-electron chi connectivity index (χ1n) is 7.69. The fourth-order valence-electron chi connectivity index (χ4n) is 2.23. The number of halogens is 1. The maximum Gasteiger partial charge on any atom is 0.363 e.